The first-order valence-electron chi connectivity index (χ1n) is 10.6. The highest BCUT2D eigenvalue weighted by atomic mass is 19.1. The monoisotopic (exact) mass is 434 g/mol. The lowest BCUT2D eigenvalue weighted by Gasteiger charge is -2.23. The molecule has 1 aliphatic rings. The summed E-state index contributed by atoms with van der Waals surface area (Å²) in [4.78, 5) is 26.8. The lowest BCUT2D eigenvalue weighted by atomic mass is 10.1. The molecular weight excluding hydrogens is 410 g/mol. The molecule has 1 saturated carbocycles. The van der Waals surface area contributed by atoms with E-state index in [-0.39, 0.29) is 35.8 Å². The van der Waals surface area contributed by atoms with Gasteiger partial charge in [0.15, 0.2) is 0 Å². The van der Waals surface area contributed by atoms with Crippen LogP contribution < -0.4 is 10.2 Å². The number of nitrogens with one attached hydrogen (secondary N) is 1. The molecule has 1 N–H and O–H groups in total. The van der Waals surface area contributed by atoms with Crippen molar-refractivity contribution in [2.45, 2.75) is 32.4 Å². The number of carbonyl (C=O) groups is 2. The molecule has 0 aromatic heterocycles. The number of amides is 2. The van der Waals surface area contributed by atoms with Crippen molar-refractivity contribution in [1.29, 1.82) is 0 Å². The molecule has 0 aliphatic heterocycles. The summed E-state index contributed by atoms with van der Waals surface area (Å²) in [6, 6.07) is 19.5. The molecule has 0 radical (unpaired) electrons. The van der Waals surface area contributed by atoms with Gasteiger partial charge in [0.25, 0.3) is 0 Å². The van der Waals surface area contributed by atoms with Crippen LogP contribution >= 0.6 is 0 Å². The molecule has 4 nitrogen and oxygen atoms in total. The molecule has 1 aliphatic carbocycles. The second-order valence-corrected chi connectivity index (χ2v) is 8.07. The van der Waals surface area contributed by atoms with Crippen LogP contribution in [0.1, 0.15) is 29.5 Å². The number of anilines is 1. The number of halogens is 2. The van der Waals surface area contributed by atoms with Crippen molar-refractivity contribution >= 4 is 17.5 Å². The predicted octanol–water partition coefficient (Wildman–Crippen LogP) is 4.77. The largest absolute Gasteiger partial charge is 0.352 e. The Balaban J connectivity index is 1.40. The summed E-state index contributed by atoms with van der Waals surface area (Å²) in [6.07, 6.45) is 1.96. The van der Waals surface area contributed by atoms with E-state index in [2.05, 4.69) is 5.32 Å². The molecule has 4 rings (SSSR count). The minimum absolute atomic E-state index is 0.0282. The normalized spacial score (nSPS) is 12.9. The van der Waals surface area contributed by atoms with E-state index in [4.69, 9.17) is 0 Å². The van der Waals surface area contributed by atoms with Gasteiger partial charge < -0.3 is 10.2 Å². The van der Waals surface area contributed by atoms with E-state index in [0.29, 0.717) is 13.1 Å². The maximum absolute atomic E-state index is 13.6. The van der Waals surface area contributed by atoms with Crippen LogP contribution in [0.3, 0.4) is 0 Å². The van der Waals surface area contributed by atoms with Gasteiger partial charge in [-0.25, -0.2) is 8.78 Å². The highest BCUT2D eigenvalue weighted by molar-refractivity contribution is 5.96. The van der Waals surface area contributed by atoms with E-state index in [1.54, 1.807) is 29.2 Å². The maximum Gasteiger partial charge on any atom is 0.230 e. The van der Waals surface area contributed by atoms with E-state index in [1.165, 1.54) is 24.3 Å². The van der Waals surface area contributed by atoms with Crippen LogP contribution in [0.2, 0.25) is 0 Å². The van der Waals surface area contributed by atoms with E-state index in [0.717, 1.165) is 35.2 Å². The smallest absolute Gasteiger partial charge is 0.230 e. The van der Waals surface area contributed by atoms with Crippen molar-refractivity contribution in [2.24, 2.45) is 5.92 Å². The molecule has 164 valence electrons. The average molecular weight is 434 g/mol. The summed E-state index contributed by atoms with van der Waals surface area (Å²) in [7, 11) is 0. The standard InChI is InChI=1S/C26H24F2N2O2/c27-22-10-4-19(5-11-22)16-29-25(31)15-18-6-12-24(13-7-18)30(26(32)21-8-9-21)17-20-2-1-3-23(28)14-20/h1-7,10-14,21H,8-9,15-17H2,(H,29,31). The zero-order chi connectivity index (χ0) is 22.5. The Bertz CT molecular complexity index is 1090. The molecule has 0 heterocycles. The molecule has 0 atom stereocenters. The summed E-state index contributed by atoms with van der Waals surface area (Å²) < 4.78 is 26.6. The van der Waals surface area contributed by atoms with Gasteiger partial charge >= 0.3 is 0 Å². The highest BCUT2D eigenvalue weighted by Crippen LogP contribution is 2.33. The molecular formula is C26H24F2N2O2. The van der Waals surface area contributed by atoms with Crippen molar-refractivity contribution in [1.82, 2.24) is 5.32 Å². The third kappa shape index (κ3) is 5.78. The van der Waals surface area contributed by atoms with Crippen LogP contribution in [0.4, 0.5) is 14.5 Å². The van der Waals surface area contributed by atoms with Gasteiger partial charge in [-0.2, -0.15) is 0 Å². The summed E-state index contributed by atoms with van der Waals surface area (Å²) in [5.41, 5.74) is 3.08. The Labute approximate surface area is 185 Å². The fraction of sp³-hybridized carbons (Fsp3) is 0.231. The van der Waals surface area contributed by atoms with Crippen LogP contribution in [-0.2, 0) is 29.1 Å². The minimum Gasteiger partial charge on any atom is -0.352 e. The van der Waals surface area contributed by atoms with Gasteiger partial charge in [0.1, 0.15) is 11.6 Å². The number of hydrogen-bond acceptors (Lipinski definition) is 2. The number of hydrogen-bond donors (Lipinski definition) is 1. The molecule has 0 bridgehead atoms. The lowest BCUT2D eigenvalue weighted by molar-refractivity contribution is -0.121. The number of nitrogens with zero attached hydrogens (tertiary/aromatic N) is 1. The molecule has 3 aromatic carbocycles. The Morgan fingerprint density at radius 2 is 1.53 bits per heavy atom. The molecule has 3 aromatic rings. The van der Waals surface area contributed by atoms with Crippen molar-refractivity contribution < 1.29 is 18.4 Å². The van der Waals surface area contributed by atoms with Gasteiger partial charge in [-0.05, 0) is 65.9 Å². The van der Waals surface area contributed by atoms with Gasteiger partial charge in [0, 0.05) is 18.2 Å². The van der Waals surface area contributed by atoms with Gasteiger partial charge in [-0.1, -0.05) is 36.4 Å². The van der Waals surface area contributed by atoms with Gasteiger partial charge in [0.05, 0.1) is 13.0 Å². The van der Waals surface area contributed by atoms with Gasteiger partial charge in [0.2, 0.25) is 11.8 Å². The Morgan fingerprint density at radius 3 is 2.19 bits per heavy atom. The molecule has 2 amide bonds. The first-order chi connectivity index (χ1) is 15.5. The summed E-state index contributed by atoms with van der Waals surface area (Å²) in [5.74, 6) is -0.720. The molecule has 0 unspecified atom stereocenters. The molecule has 0 saturated heterocycles. The predicted molar refractivity (Wildman–Crippen MR) is 119 cm³/mol. The zero-order valence-electron chi connectivity index (χ0n) is 17.6. The number of benzene rings is 3. The molecule has 32 heavy (non-hydrogen) atoms. The van der Waals surface area contributed by atoms with Crippen LogP contribution in [0.25, 0.3) is 0 Å². The first kappa shape index (κ1) is 21.7. The Hall–Kier alpha value is -3.54. The third-order valence-corrected chi connectivity index (χ3v) is 5.44. The third-order valence-electron chi connectivity index (χ3n) is 5.44. The quantitative estimate of drug-likeness (QED) is 0.555. The summed E-state index contributed by atoms with van der Waals surface area (Å²) in [5, 5.41) is 2.82. The van der Waals surface area contributed by atoms with Crippen LogP contribution in [-0.4, -0.2) is 11.8 Å². The van der Waals surface area contributed by atoms with E-state index in [1.807, 2.05) is 24.3 Å². The van der Waals surface area contributed by atoms with Crippen LogP contribution in [0, 0.1) is 17.6 Å². The fourth-order valence-electron chi connectivity index (χ4n) is 3.51. The van der Waals surface area contributed by atoms with Crippen molar-refractivity contribution in [3.8, 4) is 0 Å². The summed E-state index contributed by atoms with van der Waals surface area (Å²) in [6.45, 7) is 0.624. The molecule has 1 fully saturated rings. The second kappa shape index (κ2) is 9.73. The van der Waals surface area contributed by atoms with Crippen molar-refractivity contribution in [3.63, 3.8) is 0 Å². The van der Waals surface area contributed by atoms with E-state index in [9.17, 15) is 18.4 Å². The van der Waals surface area contributed by atoms with Gasteiger partial charge in [-0.15, -0.1) is 0 Å². The van der Waals surface area contributed by atoms with Crippen LogP contribution in [0.5, 0.6) is 0 Å². The highest BCUT2D eigenvalue weighted by Gasteiger charge is 2.34. The minimum atomic E-state index is -0.330. The van der Waals surface area contributed by atoms with Gasteiger partial charge in [-0.3, -0.25) is 9.59 Å². The maximum atomic E-state index is 13.6. The summed E-state index contributed by atoms with van der Waals surface area (Å²) >= 11 is 0. The number of rotatable bonds is 8. The van der Waals surface area contributed by atoms with E-state index >= 15 is 0 Å². The lowest BCUT2D eigenvalue weighted by Crippen LogP contribution is -2.31. The fourth-order valence-corrected chi connectivity index (χ4v) is 3.51. The van der Waals surface area contributed by atoms with Crippen LogP contribution in [0.15, 0.2) is 72.8 Å². The first-order valence-corrected chi connectivity index (χ1v) is 10.6. The topological polar surface area (TPSA) is 49.4 Å². The zero-order valence-corrected chi connectivity index (χ0v) is 17.6. The SMILES string of the molecule is O=C(Cc1ccc(N(Cc2cccc(F)c2)C(=O)C2CC2)cc1)NCc1ccc(F)cc1. The molecule has 6 heteroatoms. The van der Waals surface area contributed by atoms with Crippen molar-refractivity contribution in [3.05, 3.63) is 101 Å². The van der Waals surface area contributed by atoms with Crippen molar-refractivity contribution in [2.75, 3.05) is 4.90 Å². The number of carbonyl (C=O) groups excluding carboxylic acids is 2. The Morgan fingerprint density at radius 1 is 0.844 bits per heavy atom. The molecule has 0 spiro atoms. The Kier molecular flexibility index (Phi) is 6.59. The second-order valence-electron chi connectivity index (χ2n) is 8.07. The van der Waals surface area contributed by atoms with E-state index < -0.39 is 0 Å². The average Bonchev–Trinajstić information content (AvgIpc) is 3.63.